The maximum absolute atomic E-state index is 17.3. The zero-order valence-corrected chi connectivity index (χ0v) is 32.0. The number of aromatic nitrogens is 5. The topological polar surface area (TPSA) is 110 Å². The van der Waals surface area contributed by atoms with Gasteiger partial charge in [-0.25, -0.2) is 23.7 Å². The van der Waals surface area contributed by atoms with Gasteiger partial charge in [-0.05, 0) is 82.7 Å². The predicted octanol–water partition coefficient (Wildman–Crippen LogP) is 8.02. The quantitative estimate of drug-likeness (QED) is 0.112. The molecule has 58 heavy (non-hydrogen) atoms. The number of alkyl halides is 3. The lowest BCUT2D eigenvalue weighted by molar-refractivity contribution is -0.141. The molecule has 3 aliphatic heterocycles. The van der Waals surface area contributed by atoms with Crippen LogP contribution in [0.1, 0.15) is 81.7 Å². The minimum Gasteiger partial charge on any atom is -0.476 e. The van der Waals surface area contributed by atoms with Crippen LogP contribution < -0.4 is 20.1 Å². The lowest BCUT2D eigenvalue weighted by Crippen LogP contribution is -2.48. The predicted molar refractivity (Wildman–Crippen MR) is 208 cm³/mol. The fourth-order valence-electron chi connectivity index (χ4n) is 9.19. The van der Waals surface area contributed by atoms with E-state index in [0.29, 0.717) is 45.7 Å². The molecule has 302 valence electrons. The number of nitrogens with zero attached hydrogens (tertiary/aromatic N) is 6. The van der Waals surface area contributed by atoms with Crippen LogP contribution >= 0.6 is 0 Å². The first-order chi connectivity index (χ1) is 28.0. The monoisotopic (exact) mass is 798 g/mol. The normalized spacial score (nSPS) is 23.7. The molecule has 0 bridgehead atoms. The van der Waals surface area contributed by atoms with Crippen molar-refractivity contribution >= 4 is 27.5 Å². The van der Waals surface area contributed by atoms with Gasteiger partial charge in [-0.2, -0.15) is 23.1 Å². The Morgan fingerprint density at radius 2 is 1.84 bits per heavy atom. The van der Waals surface area contributed by atoms with E-state index in [1.165, 1.54) is 6.07 Å². The van der Waals surface area contributed by atoms with Gasteiger partial charge in [0.2, 0.25) is 5.88 Å². The number of anilines is 1. The van der Waals surface area contributed by atoms with Crippen molar-refractivity contribution in [1.29, 1.82) is 0 Å². The molecule has 4 aliphatic rings. The smallest absolute Gasteiger partial charge is 0.433 e. The molecule has 3 fully saturated rings. The Labute approximate surface area is 332 Å². The van der Waals surface area contributed by atoms with Crippen molar-refractivity contribution in [3.05, 3.63) is 71.3 Å². The summed E-state index contributed by atoms with van der Waals surface area (Å²) in [6, 6.07) is 9.53. The first-order valence-corrected chi connectivity index (χ1v) is 20.0. The summed E-state index contributed by atoms with van der Waals surface area (Å²) >= 11 is 0. The van der Waals surface area contributed by atoms with Crippen molar-refractivity contribution in [3.8, 4) is 35.5 Å². The highest BCUT2D eigenvalue weighted by Gasteiger charge is 2.50. The molecule has 0 spiro atoms. The van der Waals surface area contributed by atoms with Crippen molar-refractivity contribution in [2.24, 2.45) is 0 Å². The Morgan fingerprint density at radius 1 is 0.983 bits per heavy atom. The molecule has 1 unspecified atom stereocenters. The first-order valence-electron chi connectivity index (χ1n) is 20.0. The zero-order valence-electron chi connectivity index (χ0n) is 32.0. The Hall–Kier alpha value is -5.20. The van der Waals surface area contributed by atoms with Crippen LogP contribution in [0.4, 0.5) is 27.8 Å². The van der Waals surface area contributed by atoms with Gasteiger partial charge in [0.1, 0.15) is 42.4 Å². The summed E-state index contributed by atoms with van der Waals surface area (Å²) in [4.78, 5) is 24.1. The Balaban J connectivity index is 1.07. The number of benzene rings is 2. The molecule has 5 aromatic rings. The van der Waals surface area contributed by atoms with E-state index >= 15 is 8.78 Å². The van der Waals surface area contributed by atoms with Crippen molar-refractivity contribution in [2.75, 3.05) is 25.1 Å². The minimum absolute atomic E-state index is 0.00262. The van der Waals surface area contributed by atoms with Crippen LogP contribution in [0.2, 0.25) is 0 Å². The number of halogens is 5. The molecule has 10 nitrogen and oxygen atoms in total. The van der Waals surface area contributed by atoms with Gasteiger partial charge in [0.15, 0.2) is 11.5 Å². The van der Waals surface area contributed by atoms with Crippen molar-refractivity contribution in [1.82, 2.24) is 35.1 Å². The minimum atomic E-state index is -4.61. The van der Waals surface area contributed by atoms with E-state index in [2.05, 4.69) is 38.3 Å². The van der Waals surface area contributed by atoms with E-state index in [4.69, 9.17) is 30.8 Å². The van der Waals surface area contributed by atoms with E-state index in [1.807, 2.05) is 0 Å². The van der Waals surface area contributed by atoms with Gasteiger partial charge in [0.05, 0.1) is 22.2 Å². The molecule has 15 heteroatoms. The van der Waals surface area contributed by atoms with Gasteiger partial charge in [0, 0.05) is 41.2 Å². The number of fused-ring (bicyclic) bond motifs is 2. The van der Waals surface area contributed by atoms with Crippen LogP contribution in [0.15, 0.2) is 42.7 Å². The third kappa shape index (κ3) is 7.25. The van der Waals surface area contributed by atoms with Gasteiger partial charge in [-0.3, -0.25) is 4.90 Å². The number of hydrogen-bond donors (Lipinski definition) is 2. The molecule has 1 saturated carbocycles. The van der Waals surface area contributed by atoms with Crippen LogP contribution in [-0.2, 0) is 12.6 Å². The number of hydrogen-bond acceptors (Lipinski definition) is 10. The van der Waals surface area contributed by atoms with E-state index in [1.54, 1.807) is 24.3 Å². The molecule has 0 amide bonds. The molecule has 9 rings (SSSR count). The highest BCUT2D eigenvalue weighted by molar-refractivity contribution is 6.02. The summed E-state index contributed by atoms with van der Waals surface area (Å²) in [5, 5.41) is 8.91. The second-order valence-corrected chi connectivity index (χ2v) is 16.0. The third-order valence-electron chi connectivity index (χ3n) is 12.3. The zero-order chi connectivity index (χ0) is 40.2. The van der Waals surface area contributed by atoms with Gasteiger partial charge < -0.3 is 20.1 Å². The molecule has 2 N–H and O–H groups in total. The summed E-state index contributed by atoms with van der Waals surface area (Å²) in [5.41, 5.74) is -0.367. The van der Waals surface area contributed by atoms with Crippen LogP contribution in [0.3, 0.4) is 0 Å². The standard InChI is InChI=1S/C43H43F5N8O2/c1-3-28-30(44)15-12-25-8-6-9-29(35(25)28)38-37(45)39-36-32(53-38)11-5-4-10-31(52-26-13-14-26)24(2)51-40(36)55-41(54-39)58-22-42-17-7-19-56(42)27(16-18-42)21-57-34-20-33(43(46,47)48)49-23-50-34/h1,6,8-9,12,15,20,23-24,26-27,31,52H,4-5,7,10-11,13-14,16-19,21-22H2,2H3,(H,51,54,55)/t24?,27-,31+,42-/m0/s1. The molecular formula is C43H43F5N8O2. The van der Waals surface area contributed by atoms with Crippen LogP contribution in [0.5, 0.6) is 11.9 Å². The second kappa shape index (κ2) is 15.2. The Bertz CT molecular complexity index is 2420. The van der Waals surface area contributed by atoms with E-state index in [-0.39, 0.29) is 60.0 Å². The summed E-state index contributed by atoms with van der Waals surface area (Å²) in [5.74, 6) is 1.49. The maximum Gasteiger partial charge on any atom is 0.433 e. The second-order valence-electron chi connectivity index (χ2n) is 16.0. The molecule has 2 saturated heterocycles. The Kier molecular flexibility index (Phi) is 10.0. The van der Waals surface area contributed by atoms with Gasteiger partial charge >= 0.3 is 12.2 Å². The van der Waals surface area contributed by atoms with Crippen molar-refractivity contribution in [3.63, 3.8) is 0 Å². The average Bonchev–Trinajstić information content (AvgIpc) is 3.84. The summed E-state index contributed by atoms with van der Waals surface area (Å²) in [6.07, 6.45) is 10.8. The van der Waals surface area contributed by atoms with Crippen molar-refractivity contribution in [2.45, 2.75) is 107 Å². The number of terminal acetylenes is 1. The molecule has 1 aliphatic carbocycles. The fourth-order valence-corrected chi connectivity index (χ4v) is 9.19. The lowest BCUT2D eigenvalue weighted by Gasteiger charge is -2.34. The number of nitrogens with one attached hydrogen (secondary N) is 2. The van der Waals surface area contributed by atoms with Gasteiger partial charge in [-0.1, -0.05) is 36.6 Å². The third-order valence-corrected chi connectivity index (χ3v) is 12.3. The number of pyridine rings is 1. The summed E-state index contributed by atoms with van der Waals surface area (Å²) in [7, 11) is 0. The number of ether oxygens (including phenoxy) is 2. The average molecular weight is 799 g/mol. The molecule has 3 aromatic heterocycles. The number of rotatable bonds is 9. The van der Waals surface area contributed by atoms with Crippen molar-refractivity contribution < 1.29 is 31.4 Å². The van der Waals surface area contributed by atoms with Crippen LogP contribution in [0, 0.1) is 24.0 Å². The molecular weight excluding hydrogens is 756 g/mol. The van der Waals surface area contributed by atoms with Crippen LogP contribution in [0.25, 0.3) is 32.9 Å². The summed E-state index contributed by atoms with van der Waals surface area (Å²) in [6.45, 7) is 3.21. The van der Waals surface area contributed by atoms with E-state index < -0.39 is 29.0 Å². The highest BCUT2D eigenvalue weighted by atomic mass is 19.4. The first kappa shape index (κ1) is 38.3. The lowest BCUT2D eigenvalue weighted by atomic mass is 9.95. The van der Waals surface area contributed by atoms with E-state index in [9.17, 15) is 13.2 Å². The largest absolute Gasteiger partial charge is 0.476 e. The SMILES string of the molecule is C#Cc1c(F)ccc2cccc(-c3nc4c5c(nc(OC[C@@]67CCCN6[C@H](COc6cc(C(F)(F)F)ncn6)CC7)nc5c3F)NC(C)[C@H](NC3CC3)CCCC4)c12. The van der Waals surface area contributed by atoms with E-state index in [0.717, 1.165) is 76.7 Å². The molecule has 0 radical (unpaired) electrons. The van der Waals surface area contributed by atoms with Crippen LogP contribution in [-0.4, -0.2) is 79.3 Å². The molecule has 4 atom stereocenters. The molecule has 2 aromatic carbocycles. The highest BCUT2D eigenvalue weighted by Crippen LogP contribution is 2.44. The Morgan fingerprint density at radius 3 is 2.66 bits per heavy atom. The fraction of sp³-hybridized carbons (Fsp3) is 0.465. The van der Waals surface area contributed by atoms with Gasteiger partial charge in [-0.15, -0.1) is 6.42 Å². The number of aryl methyl sites for hydroxylation is 1. The summed E-state index contributed by atoms with van der Waals surface area (Å²) < 4.78 is 84.5. The van der Waals surface area contributed by atoms with Gasteiger partial charge in [0.25, 0.3) is 0 Å². The maximum atomic E-state index is 17.3. The molecule has 6 heterocycles.